The van der Waals surface area contributed by atoms with Gasteiger partial charge < -0.3 is 10.1 Å². The minimum atomic E-state index is -0.845. The van der Waals surface area contributed by atoms with E-state index in [0.717, 1.165) is 0 Å². The Kier molecular flexibility index (Phi) is 2.76. The largest absolute Gasteiger partial charge is 0.468 e. The number of urea groups is 1. The van der Waals surface area contributed by atoms with Gasteiger partial charge in [0.2, 0.25) is 0 Å². The summed E-state index contributed by atoms with van der Waals surface area (Å²) in [4.78, 5) is 24.0. The molecule has 0 radical (unpaired) electrons. The summed E-state index contributed by atoms with van der Waals surface area (Å²) >= 11 is 0. The summed E-state index contributed by atoms with van der Waals surface area (Å²) in [7, 11) is 0. The molecule has 108 valence electrons. The molecule has 2 heterocycles. The SMILES string of the molecule is C#CCN1C(=O)NC2CC1(C)Oc1ccc([N+](=O)[O-])cc12. The van der Waals surface area contributed by atoms with E-state index in [2.05, 4.69) is 11.2 Å². The van der Waals surface area contributed by atoms with Gasteiger partial charge in [-0.3, -0.25) is 15.0 Å². The molecule has 3 rings (SSSR count). The molecule has 1 fully saturated rings. The van der Waals surface area contributed by atoms with Gasteiger partial charge in [0, 0.05) is 24.1 Å². The molecule has 1 saturated heterocycles. The molecule has 0 spiro atoms. The van der Waals surface area contributed by atoms with Gasteiger partial charge in [-0.2, -0.15) is 0 Å². The van der Waals surface area contributed by atoms with Crippen molar-refractivity contribution in [2.24, 2.45) is 0 Å². The van der Waals surface area contributed by atoms with Crippen molar-refractivity contribution in [2.75, 3.05) is 6.54 Å². The molecular weight excluding hydrogens is 274 g/mol. The van der Waals surface area contributed by atoms with Crippen LogP contribution in [0.2, 0.25) is 0 Å². The Labute approximate surface area is 121 Å². The standard InChI is InChI=1S/C14H13N3O4/c1-3-6-16-13(18)15-11-8-14(16,2)21-12-5-4-9(17(19)20)7-10(11)12/h1,4-5,7,11H,6,8H2,2H3,(H,15,18). The minimum absolute atomic E-state index is 0.0266. The summed E-state index contributed by atoms with van der Waals surface area (Å²) in [5.74, 6) is 2.97. The van der Waals surface area contributed by atoms with Crippen molar-refractivity contribution < 1.29 is 14.5 Å². The van der Waals surface area contributed by atoms with Gasteiger partial charge in [0.15, 0.2) is 5.72 Å². The molecule has 2 bridgehead atoms. The molecule has 2 amide bonds. The van der Waals surface area contributed by atoms with Crippen LogP contribution in [0.3, 0.4) is 0 Å². The number of hydrogen-bond acceptors (Lipinski definition) is 4. The van der Waals surface area contributed by atoms with Crippen molar-refractivity contribution in [3.63, 3.8) is 0 Å². The number of nitro benzene ring substituents is 1. The molecule has 21 heavy (non-hydrogen) atoms. The van der Waals surface area contributed by atoms with E-state index in [9.17, 15) is 14.9 Å². The van der Waals surface area contributed by atoms with Crippen molar-refractivity contribution in [1.82, 2.24) is 10.2 Å². The summed E-state index contributed by atoms with van der Waals surface area (Å²) < 4.78 is 5.91. The number of hydrogen-bond donors (Lipinski definition) is 1. The van der Waals surface area contributed by atoms with Crippen LogP contribution in [0, 0.1) is 22.5 Å². The van der Waals surface area contributed by atoms with Crippen LogP contribution in [0.5, 0.6) is 5.75 Å². The Morgan fingerprint density at radius 2 is 2.43 bits per heavy atom. The molecule has 1 aromatic carbocycles. The Morgan fingerprint density at radius 3 is 3.10 bits per heavy atom. The topological polar surface area (TPSA) is 84.7 Å². The Balaban J connectivity index is 2.05. The summed E-state index contributed by atoms with van der Waals surface area (Å²) in [5.41, 5.74) is -0.251. The second-order valence-electron chi connectivity index (χ2n) is 5.25. The lowest BCUT2D eigenvalue weighted by atomic mass is 9.90. The first-order chi connectivity index (χ1) is 9.94. The molecule has 2 aliphatic heterocycles. The van der Waals surface area contributed by atoms with E-state index in [1.807, 2.05) is 0 Å². The van der Waals surface area contributed by atoms with Crippen molar-refractivity contribution in [1.29, 1.82) is 0 Å². The predicted octanol–water partition coefficient (Wildman–Crippen LogP) is 1.79. The molecule has 1 N–H and O–H groups in total. The number of non-ortho nitro benzene ring substituents is 1. The van der Waals surface area contributed by atoms with E-state index >= 15 is 0 Å². The number of benzene rings is 1. The number of amides is 2. The normalized spacial score (nSPS) is 26.2. The van der Waals surface area contributed by atoms with Crippen LogP contribution < -0.4 is 10.1 Å². The van der Waals surface area contributed by atoms with Gasteiger partial charge in [-0.1, -0.05) is 5.92 Å². The van der Waals surface area contributed by atoms with Crippen LogP contribution in [0.25, 0.3) is 0 Å². The van der Waals surface area contributed by atoms with Crippen molar-refractivity contribution in [2.45, 2.75) is 25.1 Å². The zero-order valence-electron chi connectivity index (χ0n) is 11.3. The number of nitro groups is 1. The summed E-state index contributed by atoms with van der Waals surface area (Å²) in [6.07, 6.45) is 5.78. The molecule has 0 aromatic heterocycles. The number of carbonyl (C=O) groups is 1. The molecular formula is C14H13N3O4. The molecule has 2 unspecified atom stereocenters. The van der Waals surface area contributed by atoms with E-state index < -0.39 is 10.6 Å². The fraction of sp³-hybridized carbons (Fsp3) is 0.357. The van der Waals surface area contributed by atoms with Gasteiger partial charge in [0.25, 0.3) is 5.69 Å². The van der Waals surface area contributed by atoms with Gasteiger partial charge in [0.1, 0.15) is 5.75 Å². The van der Waals surface area contributed by atoms with Crippen LogP contribution in [-0.4, -0.2) is 28.1 Å². The Bertz CT molecular complexity index is 681. The maximum Gasteiger partial charge on any atom is 0.321 e. The Morgan fingerprint density at radius 1 is 1.67 bits per heavy atom. The molecule has 0 aliphatic carbocycles. The lowest BCUT2D eigenvalue weighted by molar-refractivity contribution is -0.385. The molecule has 0 saturated carbocycles. The number of terminal acetylenes is 1. The van der Waals surface area contributed by atoms with E-state index in [0.29, 0.717) is 17.7 Å². The lowest BCUT2D eigenvalue weighted by Crippen LogP contribution is -2.64. The van der Waals surface area contributed by atoms with E-state index in [4.69, 9.17) is 11.2 Å². The molecule has 2 atom stereocenters. The van der Waals surface area contributed by atoms with E-state index in [-0.39, 0.29) is 24.3 Å². The highest BCUT2D eigenvalue weighted by molar-refractivity contribution is 5.77. The Hall–Kier alpha value is -2.75. The third-order valence-corrected chi connectivity index (χ3v) is 3.86. The average molecular weight is 287 g/mol. The summed E-state index contributed by atoms with van der Waals surface area (Å²) in [6.45, 7) is 1.93. The molecule has 1 aromatic rings. The van der Waals surface area contributed by atoms with Gasteiger partial charge in [0.05, 0.1) is 17.5 Å². The highest BCUT2D eigenvalue weighted by Crippen LogP contribution is 2.44. The van der Waals surface area contributed by atoms with Gasteiger partial charge in [-0.15, -0.1) is 6.42 Å². The lowest BCUT2D eigenvalue weighted by Gasteiger charge is -2.50. The van der Waals surface area contributed by atoms with Gasteiger partial charge in [-0.05, 0) is 13.0 Å². The quantitative estimate of drug-likeness (QED) is 0.510. The first kappa shape index (κ1) is 13.2. The van der Waals surface area contributed by atoms with Crippen molar-refractivity contribution >= 4 is 11.7 Å². The number of fused-ring (bicyclic) bond motifs is 4. The monoisotopic (exact) mass is 287 g/mol. The van der Waals surface area contributed by atoms with Gasteiger partial charge >= 0.3 is 6.03 Å². The first-order valence-electron chi connectivity index (χ1n) is 6.43. The zero-order valence-corrected chi connectivity index (χ0v) is 11.3. The van der Waals surface area contributed by atoms with Crippen LogP contribution in [0.15, 0.2) is 18.2 Å². The second-order valence-corrected chi connectivity index (χ2v) is 5.25. The minimum Gasteiger partial charge on any atom is -0.468 e. The number of carbonyl (C=O) groups excluding carboxylic acids is 1. The molecule has 2 aliphatic rings. The van der Waals surface area contributed by atoms with Crippen molar-refractivity contribution in [3.05, 3.63) is 33.9 Å². The smallest absolute Gasteiger partial charge is 0.321 e. The molecule has 7 nitrogen and oxygen atoms in total. The van der Waals surface area contributed by atoms with Crippen LogP contribution in [0.1, 0.15) is 24.9 Å². The second kappa shape index (κ2) is 4.38. The number of rotatable bonds is 2. The van der Waals surface area contributed by atoms with Crippen molar-refractivity contribution in [3.8, 4) is 18.1 Å². The fourth-order valence-corrected chi connectivity index (χ4v) is 2.85. The maximum absolute atomic E-state index is 12.1. The number of nitrogens with zero attached hydrogens (tertiary/aromatic N) is 2. The fourth-order valence-electron chi connectivity index (χ4n) is 2.85. The third kappa shape index (κ3) is 1.96. The van der Waals surface area contributed by atoms with Crippen LogP contribution in [0.4, 0.5) is 10.5 Å². The predicted molar refractivity (Wildman–Crippen MR) is 73.6 cm³/mol. The highest BCUT2D eigenvalue weighted by atomic mass is 16.6. The van der Waals surface area contributed by atoms with E-state index in [1.54, 1.807) is 13.0 Å². The van der Waals surface area contributed by atoms with Crippen LogP contribution >= 0.6 is 0 Å². The summed E-state index contributed by atoms with van der Waals surface area (Å²) in [5, 5.41) is 13.7. The maximum atomic E-state index is 12.1. The van der Waals surface area contributed by atoms with E-state index in [1.165, 1.54) is 17.0 Å². The average Bonchev–Trinajstić information content (AvgIpc) is 2.42. The molecule has 7 heteroatoms. The zero-order chi connectivity index (χ0) is 15.2. The number of nitrogens with one attached hydrogen (secondary N) is 1. The van der Waals surface area contributed by atoms with Crippen LogP contribution in [-0.2, 0) is 0 Å². The third-order valence-electron chi connectivity index (χ3n) is 3.86. The highest BCUT2D eigenvalue weighted by Gasteiger charge is 2.49. The first-order valence-corrected chi connectivity index (χ1v) is 6.43. The number of ether oxygens (including phenoxy) is 1. The van der Waals surface area contributed by atoms with Gasteiger partial charge in [-0.25, -0.2) is 4.79 Å². The summed E-state index contributed by atoms with van der Waals surface area (Å²) in [6, 6.07) is 3.74.